The molecule has 0 unspecified atom stereocenters. The summed E-state index contributed by atoms with van der Waals surface area (Å²) in [6, 6.07) is 5.83. The normalized spacial score (nSPS) is 10.3. The van der Waals surface area contributed by atoms with Crippen LogP contribution >= 0.6 is 11.6 Å². The molecule has 0 N–H and O–H groups in total. The van der Waals surface area contributed by atoms with Gasteiger partial charge in [-0.1, -0.05) is 17.7 Å². The summed E-state index contributed by atoms with van der Waals surface area (Å²) in [6.07, 6.45) is 2.60. The predicted octanol–water partition coefficient (Wildman–Crippen LogP) is 2.94. The van der Waals surface area contributed by atoms with Crippen LogP contribution in [0.1, 0.15) is 17.4 Å². The molecule has 0 atom stereocenters. The zero-order valence-corrected chi connectivity index (χ0v) is 10.9. The van der Waals surface area contributed by atoms with E-state index in [0.29, 0.717) is 12.2 Å². The van der Waals surface area contributed by atoms with Crippen molar-refractivity contribution in [2.75, 3.05) is 11.4 Å². The molecular weight excluding hydrogens is 269 g/mol. The standard InChI is InChI=1S/C13H11ClFN3O/c1-2-18(10-5-3-4-9(15)6-10)13(19)11-7-17-12(14)8-16-11/h3-8H,2H2,1H3. The Morgan fingerprint density at radius 2 is 2.16 bits per heavy atom. The molecule has 0 aliphatic heterocycles. The molecule has 1 aromatic heterocycles. The zero-order valence-electron chi connectivity index (χ0n) is 10.2. The smallest absolute Gasteiger partial charge is 0.278 e. The molecule has 6 heteroatoms. The van der Waals surface area contributed by atoms with Crippen molar-refractivity contribution in [1.82, 2.24) is 9.97 Å². The number of hydrogen-bond acceptors (Lipinski definition) is 3. The van der Waals surface area contributed by atoms with Gasteiger partial charge < -0.3 is 4.90 Å². The molecule has 1 heterocycles. The van der Waals surface area contributed by atoms with Crippen LogP contribution in [0.5, 0.6) is 0 Å². The van der Waals surface area contributed by atoms with Gasteiger partial charge in [0.2, 0.25) is 0 Å². The highest BCUT2D eigenvalue weighted by Gasteiger charge is 2.18. The summed E-state index contributed by atoms with van der Waals surface area (Å²) in [4.78, 5) is 21.4. The Morgan fingerprint density at radius 1 is 1.37 bits per heavy atom. The Labute approximate surface area is 114 Å². The van der Waals surface area contributed by atoms with E-state index in [9.17, 15) is 9.18 Å². The minimum atomic E-state index is -0.397. The quantitative estimate of drug-likeness (QED) is 0.868. The number of nitrogens with zero attached hydrogens (tertiary/aromatic N) is 3. The fourth-order valence-corrected chi connectivity index (χ4v) is 1.75. The fourth-order valence-electron chi connectivity index (χ4n) is 1.65. The number of carbonyl (C=O) groups excluding carboxylic acids is 1. The molecule has 0 aliphatic rings. The van der Waals surface area contributed by atoms with E-state index in [1.165, 1.54) is 29.4 Å². The molecule has 0 bridgehead atoms. The summed E-state index contributed by atoms with van der Waals surface area (Å²) < 4.78 is 13.2. The lowest BCUT2D eigenvalue weighted by atomic mass is 10.2. The molecule has 0 radical (unpaired) electrons. The highest BCUT2D eigenvalue weighted by atomic mass is 35.5. The van der Waals surface area contributed by atoms with Crippen LogP contribution in [0.3, 0.4) is 0 Å². The number of anilines is 1. The molecule has 1 amide bonds. The van der Waals surface area contributed by atoms with Crippen LogP contribution < -0.4 is 4.90 Å². The average molecular weight is 280 g/mol. The topological polar surface area (TPSA) is 46.1 Å². The number of rotatable bonds is 3. The van der Waals surface area contributed by atoms with Crippen molar-refractivity contribution in [1.29, 1.82) is 0 Å². The van der Waals surface area contributed by atoms with Crippen molar-refractivity contribution in [3.63, 3.8) is 0 Å². The van der Waals surface area contributed by atoms with E-state index in [4.69, 9.17) is 11.6 Å². The molecule has 98 valence electrons. The van der Waals surface area contributed by atoms with Crippen LogP contribution in [0, 0.1) is 5.82 Å². The molecule has 2 aromatic rings. The predicted molar refractivity (Wildman–Crippen MR) is 70.8 cm³/mol. The lowest BCUT2D eigenvalue weighted by Gasteiger charge is -2.20. The maximum absolute atomic E-state index is 13.2. The second-order valence-corrected chi connectivity index (χ2v) is 4.14. The number of amides is 1. The van der Waals surface area contributed by atoms with E-state index < -0.39 is 5.82 Å². The van der Waals surface area contributed by atoms with Crippen molar-refractivity contribution in [2.45, 2.75) is 6.92 Å². The third kappa shape index (κ3) is 3.06. The van der Waals surface area contributed by atoms with Crippen LogP contribution in [0.25, 0.3) is 0 Å². The zero-order chi connectivity index (χ0) is 13.8. The Balaban J connectivity index is 2.31. The summed E-state index contributed by atoms with van der Waals surface area (Å²) in [7, 11) is 0. The number of carbonyl (C=O) groups is 1. The first-order chi connectivity index (χ1) is 9.11. The van der Waals surface area contributed by atoms with Gasteiger partial charge in [-0.2, -0.15) is 0 Å². The molecule has 1 aromatic carbocycles. The maximum Gasteiger partial charge on any atom is 0.278 e. The Morgan fingerprint density at radius 3 is 2.74 bits per heavy atom. The number of benzene rings is 1. The van der Waals surface area contributed by atoms with Gasteiger partial charge in [0.25, 0.3) is 5.91 Å². The SMILES string of the molecule is CCN(C(=O)c1cnc(Cl)cn1)c1cccc(F)c1. The third-order valence-electron chi connectivity index (χ3n) is 2.52. The van der Waals surface area contributed by atoms with Crippen molar-refractivity contribution in [3.8, 4) is 0 Å². The largest absolute Gasteiger partial charge is 0.307 e. The van der Waals surface area contributed by atoms with Crippen LogP contribution in [0.4, 0.5) is 10.1 Å². The summed E-state index contributed by atoms with van der Waals surface area (Å²) in [5, 5.41) is 0.213. The molecule has 0 fully saturated rings. The van der Waals surface area contributed by atoms with E-state index in [0.717, 1.165) is 0 Å². The average Bonchev–Trinajstić information content (AvgIpc) is 2.40. The van der Waals surface area contributed by atoms with E-state index in [-0.39, 0.29) is 16.8 Å². The Bertz CT molecular complexity index is 589. The number of aromatic nitrogens is 2. The van der Waals surface area contributed by atoms with Gasteiger partial charge in [-0.3, -0.25) is 4.79 Å². The van der Waals surface area contributed by atoms with Gasteiger partial charge in [-0.05, 0) is 25.1 Å². The second kappa shape index (κ2) is 5.75. The van der Waals surface area contributed by atoms with Crippen molar-refractivity contribution >= 4 is 23.2 Å². The van der Waals surface area contributed by atoms with Gasteiger partial charge in [0, 0.05) is 12.2 Å². The molecule has 4 nitrogen and oxygen atoms in total. The molecule has 0 saturated carbocycles. The molecular formula is C13H11ClFN3O. The lowest BCUT2D eigenvalue weighted by molar-refractivity contribution is 0.0983. The minimum absolute atomic E-state index is 0.163. The Kier molecular flexibility index (Phi) is 4.06. The van der Waals surface area contributed by atoms with E-state index >= 15 is 0 Å². The molecule has 0 aliphatic carbocycles. The lowest BCUT2D eigenvalue weighted by Crippen LogP contribution is -2.31. The monoisotopic (exact) mass is 279 g/mol. The first-order valence-electron chi connectivity index (χ1n) is 5.66. The Hall–Kier alpha value is -2.01. The third-order valence-corrected chi connectivity index (χ3v) is 2.72. The highest BCUT2D eigenvalue weighted by Crippen LogP contribution is 2.17. The first-order valence-corrected chi connectivity index (χ1v) is 6.04. The summed E-state index contributed by atoms with van der Waals surface area (Å²) in [6.45, 7) is 2.19. The van der Waals surface area contributed by atoms with Gasteiger partial charge in [-0.25, -0.2) is 14.4 Å². The summed E-state index contributed by atoms with van der Waals surface area (Å²) >= 11 is 5.62. The second-order valence-electron chi connectivity index (χ2n) is 3.75. The van der Waals surface area contributed by atoms with E-state index in [2.05, 4.69) is 9.97 Å². The summed E-state index contributed by atoms with van der Waals surface area (Å²) in [5.41, 5.74) is 0.639. The number of hydrogen-bond donors (Lipinski definition) is 0. The van der Waals surface area contributed by atoms with Crippen molar-refractivity contribution < 1.29 is 9.18 Å². The van der Waals surface area contributed by atoms with Crippen LogP contribution in [0.2, 0.25) is 5.15 Å². The summed E-state index contributed by atoms with van der Waals surface area (Å²) in [5.74, 6) is -0.747. The molecule has 0 saturated heterocycles. The van der Waals surface area contributed by atoms with Crippen LogP contribution in [-0.4, -0.2) is 22.4 Å². The molecule has 19 heavy (non-hydrogen) atoms. The van der Waals surface area contributed by atoms with Crippen molar-refractivity contribution in [3.05, 3.63) is 53.3 Å². The minimum Gasteiger partial charge on any atom is -0.307 e. The van der Waals surface area contributed by atoms with Crippen LogP contribution in [0.15, 0.2) is 36.7 Å². The van der Waals surface area contributed by atoms with E-state index in [1.807, 2.05) is 0 Å². The first kappa shape index (κ1) is 13.4. The fraction of sp³-hybridized carbons (Fsp3) is 0.154. The highest BCUT2D eigenvalue weighted by molar-refractivity contribution is 6.29. The van der Waals surface area contributed by atoms with Crippen molar-refractivity contribution in [2.24, 2.45) is 0 Å². The van der Waals surface area contributed by atoms with E-state index in [1.54, 1.807) is 19.1 Å². The molecule has 0 spiro atoms. The molecule has 2 rings (SSSR count). The van der Waals surface area contributed by atoms with Gasteiger partial charge in [0.1, 0.15) is 16.7 Å². The van der Waals surface area contributed by atoms with Gasteiger partial charge in [0.05, 0.1) is 12.4 Å². The van der Waals surface area contributed by atoms with Gasteiger partial charge in [0.15, 0.2) is 0 Å². The van der Waals surface area contributed by atoms with Crippen LogP contribution in [-0.2, 0) is 0 Å². The van der Waals surface area contributed by atoms with Gasteiger partial charge >= 0.3 is 0 Å². The number of halogens is 2. The van der Waals surface area contributed by atoms with Gasteiger partial charge in [-0.15, -0.1) is 0 Å². The maximum atomic E-state index is 13.2.